The molecule has 0 unspecified atom stereocenters. The summed E-state index contributed by atoms with van der Waals surface area (Å²) in [6.45, 7) is 21.9. The van der Waals surface area contributed by atoms with Gasteiger partial charge in [0.15, 0.2) is 5.75 Å². The first-order valence-electron chi connectivity index (χ1n) is 8.35. The van der Waals surface area contributed by atoms with Crippen molar-refractivity contribution in [3.05, 3.63) is 28.3 Å². The van der Waals surface area contributed by atoms with Crippen LogP contribution in [0, 0.1) is 0 Å². The first-order chi connectivity index (χ1) is 9.82. The fourth-order valence-electron chi connectivity index (χ4n) is 3.20. The summed E-state index contributed by atoms with van der Waals surface area (Å²) < 4.78 is 0. The third-order valence-electron chi connectivity index (χ3n) is 4.20. The van der Waals surface area contributed by atoms with Gasteiger partial charge in [-0.1, -0.05) is 75.3 Å². The van der Waals surface area contributed by atoms with Crippen molar-refractivity contribution in [2.75, 3.05) is 0 Å². The van der Waals surface area contributed by atoms with Gasteiger partial charge in [0.05, 0.1) is 0 Å². The zero-order chi connectivity index (χ0) is 17.5. The van der Waals surface area contributed by atoms with Gasteiger partial charge in [-0.15, -0.1) is 0 Å². The molecular formula is C20H34O2. The van der Waals surface area contributed by atoms with E-state index in [-0.39, 0.29) is 10.8 Å². The predicted molar refractivity (Wildman–Crippen MR) is 95.3 cm³/mol. The summed E-state index contributed by atoms with van der Waals surface area (Å²) in [5, 5.41) is 9.71. The summed E-state index contributed by atoms with van der Waals surface area (Å²) in [6.07, 6.45) is 0. The standard InChI is InChI=1S/C20H34O2/c1-12(2)14-11-15(19(5,6)7)17(20(8,9)10)18(22-21)16(14)13(3)4/h11-13,21H,1-10H3. The summed E-state index contributed by atoms with van der Waals surface area (Å²) in [6, 6.07) is 2.34. The molecule has 1 rings (SSSR count). The quantitative estimate of drug-likeness (QED) is 0.518. The van der Waals surface area contributed by atoms with Gasteiger partial charge in [0.1, 0.15) is 0 Å². The Labute approximate surface area is 136 Å². The van der Waals surface area contributed by atoms with E-state index >= 15 is 0 Å². The van der Waals surface area contributed by atoms with Crippen molar-refractivity contribution in [1.82, 2.24) is 0 Å². The van der Waals surface area contributed by atoms with E-state index < -0.39 is 0 Å². The Bertz CT molecular complexity index is 526. The second kappa shape index (κ2) is 6.23. The van der Waals surface area contributed by atoms with Crippen LogP contribution in [0.1, 0.15) is 103 Å². The molecule has 0 bridgehead atoms. The van der Waals surface area contributed by atoms with Gasteiger partial charge >= 0.3 is 0 Å². The normalized spacial score (nSPS) is 13.1. The average molecular weight is 306 g/mol. The molecule has 0 fully saturated rings. The lowest BCUT2D eigenvalue weighted by molar-refractivity contribution is -0.139. The van der Waals surface area contributed by atoms with E-state index in [1.165, 1.54) is 11.1 Å². The van der Waals surface area contributed by atoms with Crippen molar-refractivity contribution in [2.45, 2.75) is 91.9 Å². The van der Waals surface area contributed by atoms with E-state index in [1.807, 2.05) is 0 Å². The number of hydrogen-bond acceptors (Lipinski definition) is 2. The van der Waals surface area contributed by atoms with Crippen LogP contribution in [0.2, 0.25) is 0 Å². The minimum Gasteiger partial charge on any atom is -0.340 e. The predicted octanol–water partition coefficient (Wildman–Crippen LogP) is 6.38. The Morgan fingerprint density at radius 3 is 1.64 bits per heavy atom. The van der Waals surface area contributed by atoms with Crippen LogP contribution in [0.25, 0.3) is 0 Å². The van der Waals surface area contributed by atoms with Crippen molar-refractivity contribution in [2.24, 2.45) is 0 Å². The monoisotopic (exact) mass is 306 g/mol. The maximum atomic E-state index is 9.71. The minimum absolute atomic E-state index is 0.00492. The Balaban J connectivity index is 3.99. The Morgan fingerprint density at radius 1 is 0.864 bits per heavy atom. The van der Waals surface area contributed by atoms with Gasteiger partial charge in [0.25, 0.3) is 0 Å². The van der Waals surface area contributed by atoms with E-state index in [2.05, 4.69) is 75.3 Å². The Kier molecular flexibility index (Phi) is 5.39. The van der Waals surface area contributed by atoms with Crippen molar-refractivity contribution >= 4 is 0 Å². The van der Waals surface area contributed by atoms with Crippen LogP contribution in [-0.2, 0) is 10.8 Å². The smallest absolute Gasteiger partial charge is 0.172 e. The molecular weight excluding hydrogens is 272 g/mol. The van der Waals surface area contributed by atoms with E-state index in [1.54, 1.807) is 0 Å². The van der Waals surface area contributed by atoms with Crippen molar-refractivity contribution in [3.63, 3.8) is 0 Å². The molecule has 0 aliphatic rings. The number of rotatable bonds is 3. The molecule has 126 valence electrons. The lowest BCUT2D eigenvalue weighted by Gasteiger charge is -2.34. The molecule has 1 aromatic rings. The average Bonchev–Trinajstić information content (AvgIpc) is 2.33. The van der Waals surface area contributed by atoms with Gasteiger partial charge in [-0.3, -0.25) is 0 Å². The molecule has 2 nitrogen and oxygen atoms in total. The molecule has 0 aliphatic heterocycles. The summed E-state index contributed by atoms with van der Waals surface area (Å²) in [5.41, 5.74) is 4.69. The lowest BCUT2D eigenvalue weighted by Crippen LogP contribution is -2.25. The van der Waals surface area contributed by atoms with Crippen LogP contribution in [0.3, 0.4) is 0 Å². The highest BCUT2D eigenvalue weighted by molar-refractivity contribution is 5.57. The molecule has 0 saturated carbocycles. The lowest BCUT2D eigenvalue weighted by atomic mass is 9.71. The molecule has 22 heavy (non-hydrogen) atoms. The maximum Gasteiger partial charge on any atom is 0.172 e. The van der Waals surface area contributed by atoms with Gasteiger partial charge in [0.2, 0.25) is 0 Å². The fourth-order valence-corrected chi connectivity index (χ4v) is 3.20. The van der Waals surface area contributed by atoms with Crippen molar-refractivity contribution in [1.29, 1.82) is 0 Å². The SMILES string of the molecule is CC(C)c1cc(C(C)(C)C)c(C(C)(C)C)c(OO)c1C(C)C. The van der Waals surface area contributed by atoms with Gasteiger partial charge in [-0.2, -0.15) is 0 Å². The third kappa shape index (κ3) is 3.65. The molecule has 0 radical (unpaired) electrons. The highest BCUT2D eigenvalue weighted by Gasteiger charge is 2.33. The Hall–Kier alpha value is -1.02. The minimum atomic E-state index is -0.0974. The van der Waals surface area contributed by atoms with E-state index in [9.17, 15) is 5.26 Å². The number of hydrogen-bond donors (Lipinski definition) is 1. The molecule has 0 aliphatic carbocycles. The molecule has 0 aromatic heterocycles. The van der Waals surface area contributed by atoms with E-state index in [0.29, 0.717) is 17.6 Å². The number of benzene rings is 1. The highest BCUT2D eigenvalue weighted by Crippen LogP contribution is 2.46. The van der Waals surface area contributed by atoms with E-state index in [4.69, 9.17) is 4.89 Å². The van der Waals surface area contributed by atoms with Crippen LogP contribution in [0.15, 0.2) is 6.07 Å². The topological polar surface area (TPSA) is 29.5 Å². The highest BCUT2D eigenvalue weighted by atomic mass is 17.1. The van der Waals surface area contributed by atoms with Crippen LogP contribution >= 0.6 is 0 Å². The molecule has 0 atom stereocenters. The third-order valence-corrected chi connectivity index (χ3v) is 4.20. The van der Waals surface area contributed by atoms with E-state index in [0.717, 1.165) is 11.1 Å². The molecule has 1 aromatic carbocycles. The summed E-state index contributed by atoms with van der Waals surface area (Å²) in [4.78, 5) is 4.99. The summed E-state index contributed by atoms with van der Waals surface area (Å²) in [7, 11) is 0. The second-order valence-electron chi connectivity index (χ2n) is 9.03. The Morgan fingerprint density at radius 2 is 1.36 bits per heavy atom. The zero-order valence-corrected chi connectivity index (χ0v) is 16.1. The van der Waals surface area contributed by atoms with Crippen molar-refractivity contribution < 1.29 is 10.1 Å². The van der Waals surface area contributed by atoms with Crippen LogP contribution in [0.5, 0.6) is 5.75 Å². The van der Waals surface area contributed by atoms with Gasteiger partial charge in [0, 0.05) is 11.1 Å². The molecule has 0 spiro atoms. The summed E-state index contributed by atoms with van der Waals surface area (Å²) in [5.74, 6) is 1.36. The zero-order valence-electron chi connectivity index (χ0n) is 16.1. The summed E-state index contributed by atoms with van der Waals surface area (Å²) >= 11 is 0. The van der Waals surface area contributed by atoms with Crippen LogP contribution in [0.4, 0.5) is 0 Å². The molecule has 0 saturated heterocycles. The van der Waals surface area contributed by atoms with Crippen LogP contribution in [-0.4, -0.2) is 5.26 Å². The maximum absolute atomic E-state index is 9.71. The van der Waals surface area contributed by atoms with Gasteiger partial charge < -0.3 is 4.89 Å². The molecule has 0 amide bonds. The molecule has 1 N–H and O–H groups in total. The van der Waals surface area contributed by atoms with Gasteiger partial charge in [-0.25, -0.2) is 5.26 Å². The first-order valence-corrected chi connectivity index (χ1v) is 8.35. The molecule has 0 heterocycles. The fraction of sp³-hybridized carbons (Fsp3) is 0.700. The largest absolute Gasteiger partial charge is 0.340 e. The van der Waals surface area contributed by atoms with Gasteiger partial charge in [-0.05, 0) is 33.8 Å². The second-order valence-corrected chi connectivity index (χ2v) is 9.03. The van der Waals surface area contributed by atoms with Crippen LogP contribution < -0.4 is 4.89 Å². The van der Waals surface area contributed by atoms with Crippen molar-refractivity contribution in [3.8, 4) is 5.75 Å². The molecule has 2 heteroatoms. The first kappa shape index (κ1) is 19.0.